The van der Waals surface area contributed by atoms with Crippen LogP contribution in [-0.2, 0) is 22.4 Å². The Bertz CT molecular complexity index is 1230. The number of nitrogens with zero attached hydrogens (tertiary/aromatic N) is 2. The largest absolute Gasteiger partial charge is 0.344 e. The lowest BCUT2D eigenvalue weighted by Crippen LogP contribution is -2.45. The number of amides is 2. The molecule has 3 aromatic carbocycles. The van der Waals surface area contributed by atoms with E-state index in [0.29, 0.717) is 28.5 Å². The Morgan fingerprint density at radius 1 is 0.853 bits per heavy atom. The molecule has 0 saturated heterocycles. The van der Waals surface area contributed by atoms with Gasteiger partial charge in [0.1, 0.15) is 16.9 Å². The summed E-state index contributed by atoms with van der Waals surface area (Å²) in [4.78, 5) is 25.7. The van der Waals surface area contributed by atoms with Gasteiger partial charge in [0.05, 0.1) is 0 Å². The zero-order chi connectivity index (χ0) is 23.8. The predicted octanol–water partition coefficient (Wildman–Crippen LogP) is 4.64. The number of hydrogen-bond acceptors (Lipinski definition) is 5. The van der Waals surface area contributed by atoms with E-state index in [-0.39, 0.29) is 24.1 Å². The summed E-state index contributed by atoms with van der Waals surface area (Å²) in [5.41, 5.74) is 2.69. The van der Waals surface area contributed by atoms with Crippen molar-refractivity contribution in [2.75, 3.05) is 5.32 Å². The van der Waals surface area contributed by atoms with Gasteiger partial charge in [-0.25, -0.2) is 4.39 Å². The number of benzene rings is 3. The molecule has 1 aromatic heterocycles. The standard InChI is InChI=1S/C26H23FN4O2S/c27-21-14-12-20(13-15-21)25-30-31-26(34-25)29-24(33)22(17-19-9-5-2-6-10-19)28-23(32)16-11-18-7-3-1-4-8-18/h1-10,12-15,22H,11,16-17H2,(H,28,32)(H,29,31,33). The third-order valence-corrected chi connectivity index (χ3v) is 6.05. The summed E-state index contributed by atoms with van der Waals surface area (Å²) < 4.78 is 13.2. The van der Waals surface area contributed by atoms with Gasteiger partial charge in [-0.1, -0.05) is 72.0 Å². The molecule has 0 aliphatic rings. The van der Waals surface area contributed by atoms with Crippen LogP contribution in [0.3, 0.4) is 0 Å². The van der Waals surface area contributed by atoms with E-state index in [9.17, 15) is 14.0 Å². The van der Waals surface area contributed by atoms with Crippen molar-refractivity contribution in [1.82, 2.24) is 15.5 Å². The van der Waals surface area contributed by atoms with E-state index in [1.165, 1.54) is 23.5 Å². The van der Waals surface area contributed by atoms with Gasteiger partial charge in [-0.3, -0.25) is 14.9 Å². The van der Waals surface area contributed by atoms with Crippen molar-refractivity contribution in [3.05, 3.63) is 102 Å². The summed E-state index contributed by atoms with van der Waals surface area (Å²) in [6.45, 7) is 0. The minimum atomic E-state index is -0.774. The lowest BCUT2D eigenvalue weighted by atomic mass is 10.0. The number of carbonyl (C=O) groups excluding carboxylic acids is 2. The molecule has 172 valence electrons. The Hall–Kier alpha value is -3.91. The first-order chi connectivity index (χ1) is 16.6. The second-order valence-electron chi connectivity index (χ2n) is 7.70. The molecule has 0 fully saturated rings. The Morgan fingerprint density at radius 3 is 2.18 bits per heavy atom. The van der Waals surface area contributed by atoms with Gasteiger partial charge in [-0.05, 0) is 41.8 Å². The van der Waals surface area contributed by atoms with Gasteiger partial charge in [0.15, 0.2) is 0 Å². The molecule has 1 unspecified atom stereocenters. The Balaban J connectivity index is 1.43. The molecule has 0 bridgehead atoms. The monoisotopic (exact) mass is 474 g/mol. The molecule has 0 aliphatic heterocycles. The summed E-state index contributed by atoms with van der Waals surface area (Å²) in [6, 6.07) is 24.3. The average molecular weight is 475 g/mol. The highest BCUT2D eigenvalue weighted by Crippen LogP contribution is 2.26. The van der Waals surface area contributed by atoms with Crippen molar-refractivity contribution in [3.8, 4) is 10.6 Å². The van der Waals surface area contributed by atoms with Crippen LogP contribution < -0.4 is 10.6 Å². The van der Waals surface area contributed by atoms with Gasteiger partial charge >= 0.3 is 0 Å². The van der Waals surface area contributed by atoms with E-state index in [2.05, 4.69) is 20.8 Å². The molecule has 2 N–H and O–H groups in total. The van der Waals surface area contributed by atoms with Gasteiger partial charge < -0.3 is 5.32 Å². The molecule has 0 saturated carbocycles. The van der Waals surface area contributed by atoms with Crippen LogP contribution in [-0.4, -0.2) is 28.1 Å². The molecule has 0 radical (unpaired) electrons. The molecule has 1 atom stereocenters. The molecule has 0 aliphatic carbocycles. The number of halogens is 1. The SMILES string of the molecule is O=C(CCc1ccccc1)NC(Cc1ccccc1)C(=O)Nc1nnc(-c2ccc(F)cc2)s1. The molecule has 4 rings (SSSR count). The number of aromatic nitrogens is 2. The van der Waals surface area contributed by atoms with Crippen LogP contribution in [0.2, 0.25) is 0 Å². The number of carbonyl (C=O) groups is 2. The first-order valence-electron chi connectivity index (χ1n) is 10.8. The van der Waals surface area contributed by atoms with Gasteiger partial charge in [-0.2, -0.15) is 0 Å². The smallest absolute Gasteiger partial charge is 0.249 e. The maximum Gasteiger partial charge on any atom is 0.249 e. The zero-order valence-corrected chi connectivity index (χ0v) is 19.1. The third-order valence-electron chi connectivity index (χ3n) is 5.16. The lowest BCUT2D eigenvalue weighted by molar-refractivity contribution is -0.126. The van der Waals surface area contributed by atoms with E-state index in [0.717, 1.165) is 11.1 Å². The molecule has 6 nitrogen and oxygen atoms in total. The normalized spacial score (nSPS) is 11.6. The fraction of sp³-hybridized carbons (Fsp3) is 0.154. The molecule has 4 aromatic rings. The minimum absolute atomic E-state index is 0.204. The Labute approximate surface area is 200 Å². The number of anilines is 1. The predicted molar refractivity (Wildman–Crippen MR) is 131 cm³/mol. The summed E-state index contributed by atoms with van der Waals surface area (Å²) in [5, 5.41) is 14.6. The summed E-state index contributed by atoms with van der Waals surface area (Å²) in [7, 11) is 0. The first kappa shape index (κ1) is 23.3. The fourth-order valence-corrected chi connectivity index (χ4v) is 4.16. The number of nitrogens with one attached hydrogen (secondary N) is 2. The van der Waals surface area contributed by atoms with Crippen LogP contribution in [0.1, 0.15) is 17.5 Å². The van der Waals surface area contributed by atoms with Crippen molar-refractivity contribution in [1.29, 1.82) is 0 Å². The zero-order valence-electron chi connectivity index (χ0n) is 18.3. The minimum Gasteiger partial charge on any atom is -0.344 e. The molecule has 1 heterocycles. The molecular formula is C26H23FN4O2S. The maximum atomic E-state index is 13.2. The van der Waals surface area contributed by atoms with Crippen molar-refractivity contribution in [2.24, 2.45) is 0 Å². The fourth-order valence-electron chi connectivity index (χ4n) is 3.40. The second kappa shape index (κ2) is 11.3. The molecule has 34 heavy (non-hydrogen) atoms. The number of hydrogen-bond donors (Lipinski definition) is 2. The molecule has 0 spiro atoms. The van der Waals surface area contributed by atoms with E-state index in [1.807, 2.05) is 60.7 Å². The van der Waals surface area contributed by atoms with E-state index >= 15 is 0 Å². The highest BCUT2D eigenvalue weighted by atomic mass is 32.1. The summed E-state index contributed by atoms with van der Waals surface area (Å²) in [5.74, 6) is -0.920. The van der Waals surface area contributed by atoms with Gasteiger partial charge in [0.2, 0.25) is 16.9 Å². The van der Waals surface area contributed by atoms with Crippen LogP contribution >= 0.6 is 11.3 Å². The van der Waals surface area contributed by atoms with Gasteiger partial charge in [0.25, 0.3) is 0 Å². The molecular weight excluding hydrogens is 451 g/mol. The highest BCUT2D eigenvalue weighted by molar-refractivity contribution is 7.18. The van der Waals surface area contributed by atoms with Crippen LogP contribution in [0.25, 0.3) is 10.6 Å². The Morgan fingerprint density at radius 2 is 1.50 bits per heavy atom. The summed E-state index contributed by atoms with van der Waals surface area (Å²) in [6.07, 6.45) is 1.20. The first-order valence-corrected chi connectivity index (χ1v) is 11.7. The van der Waals surface area contributed by atoms with Crippen molar-refractivity contribution >= 4 is 28.3 Å². The van der Waals surface area contributed by atoms with Crippen LogP contribution in [0.4, 0.5) is 9.52 Å². The van der Waals surface area contributed by atoms with Crippen LogP contribution in [0.15, 0.2) is 84.9 Å². The quantitative estimate of drug-likeness (QED) is 0.370. The van der Waals surface area contributed by atoms with Crippen LogP contribution in [0, 0.1) is 5.82 Å². The van der Waals surface area contributed by atoms with Crippen molar-refractivity contribution < 1.29 is 14.0 Å². The van der Waals surface area contributed by atoms with Crippen molar-refractivity contribution in [2.45, 2.75) is 25.3 Å². The molecule has 8 heteroatoms. The number of rotatable bonds is 9. The summed E-state index contributed by atoms with van der Waals surface area (Å²) >= 11 is 1.18. The van der Waals surface area contributed by atoms with Crippen LogP contribution in [0.5, 0.6) is 0 Å². The van der Waals surface area contributed by atoms with E-state index in [4.69, 9.17) is 0 Å². The lowest BCUT2D eigenvalue weighted by Gasteiger charge is -2.18. The maximum absolute atomic E-state index is 13.2. The van der Waals surface area contributed by atoms with Gasteiger partial charge in [0, 0.05) is 18.4 Å². The van der Waals surface area contributed by atoms with Crippen molar-refractivity contribution in [3.63, 3.8) is 0 Å². The topological polar surface area (TPSA) is 84.0 Å². The van der Waals surface area contributed by atoms with E-state index < -0.39 is 6.04 Å². The molecule has 2 amide bonds. The van der Waals surface area contributed by atoms with Gasteiger partial charge in [-0.15, -0.1) is 10.2 Å². The highest BCUT2D eigenvalue weighted by Gasteiger charge is 2.23. The second-order valence-corrected chi connectivity index (χ2v) is 8.68. The number of aryl methyl sites for hydroxylation is 1. The third kappa shape index (κ3) is 6.55. The Kier molecular flexibility index (Phi) is 7.72. The average Bonchev–Trinajstić information content (AvgIpc) is 3.32. The van der Waals surface area contributed by atoms with E-state index in [1.54, 1.807) is 12.1 Å².